The summed E-state index contributed by atoms with van der Waals surface area (Å²) < 4.78 is 41.5. The first-order chi connectivity index (χ1) is 8.45. The number of alkyl halides is 2. The number of nitrogens with zero attached hydrogens (tertiary/aromatic N) is 1. The summed E-state index contributed by atoms with van der Waals surface area (Å²) in [5, 5.41) is 17.2. The Morgan fingerprint density at radius 1 is 1.50 bits per heavy atom. The lowest BCUT2D eigenvalue weighted by Gasteiger charge is -2.10. The smallest absolute Gasteiger partial charge is 0.387 e. The van der Waals surface area contributed by atoms with Gasteiger partial charge in [0.15, 0.2) is 11.6 Å². The molecule has 0 aliphatic rings. The Bertz CT molecular complexity index is 535. The van der Waals surface area contributed by atoms with E-state index in [1.165, 1.54) is 0 Å². The summed E-state index contributed by atoms with van der Waals surface area (Å²) in [4.78, 5) is 10.3. The van der Waals surface area contributed by atoms with Crippen LogP contribution in [-0.2, 0) is 4.79 Å². The van der Waals surface area contributed by atoms with E-state index in [2.05, 4.69) is 4.74 Å². The van der Waals surface area contributed by atoms with Gasteiger partial charge in [-0.1, -0.05) is 0 Å². The van der Waals surface area contributed by atoms with Crippen LogP contribution < -0.4 is 4.74 Å². The Balaban J connectivity index is 3.37. The van der Waals surface area contributed by atoms with Crippen molar-refractivity contribution in [2.24, 2.45) is 0 Å². The fourth-order valence-corrected chi connectivity index (χ4v) is 1.20. The summed E-state index contributed by atoms with van der Waals surface area (Å²) in [5.74, 6) is -3.34. The zero-order valence-corrected chi connectivity index (χ0v) is 8.73. The summed E-state index contributed by atoms with van der Waals surface area (Å²) in [7, 11) is 0. The van der Waals surface area contributed by atoms with Gasteiger partial charge < -0.3 is 9.84 Å². The average Bonchev–Trinajstić information content (AvgIpc) is 2.29. The number of aliphatic carboxylic acids is 1. The standard InChI is InChI=1S/C11H6F3NO3/c12-8-3-1-6(5-15)7(2-4-9(16)17)10(8)18-11(13)14/h1-4,11H,(H,16,17)/b4-2+. The molecule has 0 saturated carbocycles. The minimum Gasteiger partial charge on any atom is -0.478 e. The van der Waals surface area contributed by atoms with E-state index in [4.69, 9.17) is 10.4 Å². The van der Waals surface area contributed by atoms with Crippen LogP contribution in [0.4, 0.5) is 13.2 Å². The molecule has 0 atom stereocenters. The molecular formula is C11H6F3NO3. The van der Waals surface area contributed by atoms with Gasteiger partial charge in [-0.2, -0.15) is 14.0 Å². The van der Waals surface area contributed by atoms with Crippen LogP contribution in [0.15, 0.2) is 18.2 Å². The highest BCUT2D eigenvalue weighted by molar-refractivity contribution is 5.86. The second-order valence-corrected chi connectivity index (χ2v) is 3.00. The van der Waals surface area contributed by atoms with Crippen molar-refractivity contribution in [3.8, 4) is 11.8 Å². The first-order valence-electron chi connectivity index (χ1n) is 4.54. The van der Waals surface area contributed by atoms with Crippen LogP contribution in [0.2, 0.25) is 0 Å². The topological polar surface area (TPSA) is 70.3 Å². The lowest BCUT2D eigenvalue weighted by Crippen LogP contribution is -2.06. The second kappa shape index (κ2) is 5.72. The number of carbonyl (C=O) groups is 1. The summed E-state index contributed by atoms with van der Waals surface area (Å²) in [6, 6.07) is 3.45. The van der Waals surface area contributed by atoms with Crippen LogP contribution >= 0.6 is 0 Å². The highest BCUT2D eigenvalue weighted by Crippen LogP contribution is 2.28. The maximum atomic E-state index is 13.3. The predicted molar refractivity (Wildman–Crippen MR) is 54.4 cm³/mol. The van der Waals surface area contributed by atoms with E-state index in [1.807, 2.05) is 0 Å². The van der Waals surface area contributed by atoms with Gasteiger partial charge in [0.05, 0.1) is 11.6 Å². The molecule has 0 aliphatic heterocycles. The molecule has 0 aliphatic carbocycles. The molecule has 1 N–H and O–H groups in total. The Labute approximate surface area is 99.5 Å². The van der Waals surface area contributed by atoms with Gasteiger partial charge in [0.25, 0.3) is 0 Å². The van der Waals surface area contributed by atoms with Crippen molar-refractivity contribution in [2.75, 3.05) is 0 Å². The number of rotatable bonds is 4. The van der Waals surface area contributed by atoms with Gasteiger partial charge in [-0.05, 0) is 18.2 Å². The zero-order chi connectivity index (χ0) is 13.7. The van der Waals surface area contributed by atoms with Crippen molar-refractivity contribution in [3.63, 3.8) is 0 Å². The van der Waals surface area contributed by atoms with Crippen molar-refractivity contribution >= 4 is 12.0 Å². The molecule has 0 fully saturated rings. The van der Waals surface area contributed by atoms with Crippen LogP contribution in [0, 0.1) is 17.1 Å². The SMILES string of the molecule is N#Cc1ccc(F)c(OC(F)F)c1/C=C/C(=O)O. The molecule has 0 spiro atoms. The number of nitriles is 1. The number of carboxylic acids is 1. The third kappa shape index (κ3) is 3.25. The third-order valence-electron chi connectivity index (χ3n) is 1.87. The molecular weight excluding hydrogens is 251 g/mol. The van der Waals surface area contributed by atoms with Gasteiger partial charge in [-0.25, -0.2) is 9.18 Å². The lowest BCUT2D eigenvalue weighted by atomic mass is 10.1. The first kappa shape index (κ1) is 13.6. The van der Waals surface area contributed by atoms with Crippen LogP contribution in [0.5, 0.6) is 5.75 Å². The minimum atomic E-state index is -3.29. The summed E-state index contributed by atoms with van der Waals surface area (Å²) in [6.45, 7) is -3.29. The van der Waals surface area contributed by atoms with Crippen molar-refractivity contribution in [1.82, 2.24) is 0 Å². The van der Waals surface area contributed by atoms with E-state index < -0.39 is 24.1 Å². The molecule has 0 amide bonds. The van der Waals surface area contributed by atoms with Gasteiger partial charge in [0, 0.05) is 11.6 Å². The molecule has 0 heterocycles. The molecule has 0 radical (unpaired) electrons. The summed E-state index contributed by atoms with van der Waals surface area (Å²) >= 11 is 0. The van der Waals surface area contributed by atoms with Crippen LogP contribution in [0.25, 0.3) is 6.08 Å². The van der Waals surface area contributed by atoms with E-state index >= 15 is 0 Å². The molecule has 1 rings (SSSR count). The number of hydrogen-bond donors (Lipinski definition) is 1. The molecule has 0 aromatic heterocycles. The highest BCUT2D eigenvalue weighted by Gasteiger charge is 2.17. The van der Waals surface area contributed by atoms with Gasteiger partial charge in [-0.15, -0.1) is 0 Å². The molecule has 0 bridgehead atoms. The number of carboxylic acid groups (broad SMARTS) is 1. The fourth-order valence-electron chi connectivity index (χ4n) is 1.20. The molecule has 94 valence electrons. The first-order valence-corrected chi connectivity index (χ1v) is 4.54. The number of benzene rings is 1. The van der Waals surface area contributed by atoms with Crippen molar-refractivity contribution < 1.29 is 27.8 Å². The van der Waals surface area contributed by atoms with Gasteiger partial charge >= 0.3 is 12.6 Å². The Morgan fingerprint density at radius 3 is 2.67 bits per heavy atom. The lowest BCUT2D eigenvalue weighted by molar-refractivity contribution is -0.131. The number of halogens is 3. The molecule has 1 aromatic rings. The fraction of sp³-hybridized carbons (Fsp3) is 0.0909. The summed E-state index contributed by atoms with van der Waals surface area (Å²) in [6.07, 6.45) is 1.41. The Hall–Kier alpha value is -2.49. The van der Waals surface area contributed by atoms with Crippen LogP contribution in [-0.4, -0.2) is 17.7 Å². The molecule has 4 nitrogen and oxygen atoms in total. The largest absolute Gasteiger partial charge is 0.478 e. The predicted octanol–water partition coefficient (Wildman–Crippen LogP) is 2.40. The van der Waals surface area contributed by atoms with E-state index in [0.29, 0.717) is 6.08 Å². The molecule has 0 unspecified atom stereocenters. The monoisotopic (exact) mass is 257 g/mol. The Morgan fingerprint density at radius 2 is 2.17 bits per heavy atom. The van der Waals surface area contributed by atoms with Crippen molar-refractivity contribution in [1.29, 1.82) is 5.26 Å². The third-order valence-corrected chi connectivity index (χ3v) is 1.87. The van der Waals surface area contributed by atoms with E-state index in [-0.39, 0.29) is 11.1 Å². The molecule has 7 heteroatoms. The second-order valence-electron chi connectivity index (χ2n) is 3.00. The van der Waals surface area contributed by atoms with Gasteiger partial charge in [-0.3, -0.25) is 0 Å². The zero-order valence-electron chi connectivity index (χ0n) is 8.73. The maximum Gasteiger partial charge on any atom is 0.387 e. The van der Waals surface area contributed by atoms with Crippen molar-refractivity contribution in [3.05, 3.63) is 35.2 Å². The number of hydrogen-bond acceptors (Lipinski definition) is 3. The Kier molecular flexibility index (Phi) is 4.32. The van der Waals surface area contributed by atoms with Crippen LogP contribution in [0.3, 0.4) is 0 Å². The highest BCUT2D eigenvalue weighted by atomic mass is 19.3. The van der Waals surface area contributed by atoms with Gasteiger partial charge in [0.1, 0.15) is 0 Å². The minimum absolute atomic E-state index is 0.176. The molecule has 0 saturated heterocycles. The number of ether oxygens (including phenoxy) is 1. The maximum absolute atomic E-state index is 13.3. The molecule has 1 aromatic carbocycles. The quantitative estimate of drug-likeness (QED) is 0.841. The average molecular weight is 257 g/mol. The van der Waals surface area contributed by atoms with E-state index in [0.717, 1.165) is 18.2 Å². The van der Waals surface area contributed by atoms with Crippen LogP contribution in [0.1, 0.15) is 11.1 Å². The summed E-state index contributed by atoms with van der Waals surface area (Å²) in [5.41, 5.74) is -0.523. The van der Waals surface area contributed by atoms with Gasteiger partial charge in [0.2, 0.25) is 0 Å². The van der Waals surface area contributed by atoms with E-state index in [9.17, 15) is 18.0 Å². The normalized spacial score (nSPS) is 10.6. The molecule has 18 heavy (non-hydrogen) atoms. The van der Waals surface area contributed by atoms with Crippen molar-refractivity contribution in [2.45, 2.75) is 6.61 Å². The van der Waals surface area contributed by atoms with E-state index in [1.54, 1.807) is 6.07 Å².